The van der Waals surface area contributed by atoms with Crippen LogP contribution in [0.2, 0.25) is 0 Å². The summed E-state index contributed by atoms with van der Waals surface area (Å²) in [4.78, 5) is 2.77. The number of thiophene rings is 1. The average Bonchev–Trinajstić information content (AvgIpc) is 2.76. The molecule has 1 aliphatic heterocycles. The smallest absolute Gasteiger partial charge is 0.105 e. The first kappa shape index (κ1) is 12.6. The van der Waals surface area contributed by atoms with Crippen molar-refractivity contribution in [2.24, 2.45) is 5.92 Å². The molecule has 18 heavy (non-hydrogen) atoms. The Morgan fingerprint density at radius 3 is 3.06 bits per heavy atom. The Bertz CT molecular complexity index is 412. The summed E-state index contributed by atoms with van der Waals surface area (Å²) in [5, 5.41) is 3.61. The highest BCUT2D eigenvalue weighted by molar-refractivity contribution is 7.12. The van der Waals surface area contributed by atoms with Crippen LogP contribution in [-0.4, -0.2) is 18.7 Å². The Morgan fingerprint density at radius 1 is 1.44 bits per heavy atom. The minimum Gasteiger partial charge on any atom is -0.364 e. The molecule has 1 aromatic rings. The molecule has 2 fully saturated rings. The van der Waals surface area contributed by atoms with Gasteiger partial charge in [0.05, 0.1) is 5.60 Å². The van der Waals surface area contributed by atoms with Crippen LogP contribution in [0.3, 0.4) is 0 Å². The second-order valence-corrected chi connectivity index (χ2v) is 7.39. The summed E-state index contributed by atoms with van der Waals surface area (Å²) < 4.78 is 6.53. The third kappa shape index (κ3) is 2.49. The van der Waals surface area contributed by atoms with E-state index in [2.05, 4.69) is 31.3 Å². The zero-order valence-corrected chi connectivity index (χ0v) is 12.2. The van der Waals surface area contributed by atoms with Gasteiger partial charge in [-0.3, -0.25) is 0 Å². The summed E-state index contributed by atoms with van der Waals surface area (Å²) in [5.74, 6) is 0.810. The van der Waals surface area contributed by atoms with Crippen LogP contribution in [0.25, 0.3) is 0 Å². The average molecular weight is 265 g/mol. The molecule has 1 aliphatic carbocycles. The van der Waals surface area contributed by atoms with Crippen LogP contribution in [0.4, 0.5) is 0 Å². The van der Waals surface area contributed by atoms with E-state index < -0.39 is 0 Å². The van der Waals surface area contributed by atoms with Crippen LogP contribution >= 0.6 is 11.3 Å². The highest BCUT2D eigenvalue weighted by Gasteiger charge is 2.40. The van der Waals surface area contributed by atoms with Crippen molar-refractivity contribution in [1.29, 1.82) is 0 Å². The summed E-state index contributed by atoms with van der Waals surface area (Å²) in [6.07, 6.45) is 5.40. The molecule has 2 aliphatic rings. The standard InChI is InChI=1S/C15H23NOS/c1-11-4-3-7-15(8-11)10-16-9-13(17-15)14-6-5-12(2)18-14/h5-6,11,13,16H,3-4,7-10H2,1-2H3. The van der Waals surface area contributed by atoms with Gasteiger partial charge in [-0.1, -0.05) is 19.8 Å². The van der Waals surface area contributed by atoms with E-state index in [1.165, 1.54) is 35.4 Å². The molecule has 1 aromatic heterocycles. The zero-order valence-electron chi connectivity index (χ0n) is 11.4. The number of aryl methyl sites for hydroxylation is 1. The second-order valence-electron chi connectivity index (χ2n) is 6.07. The minimum atomic E-state index is 0.110. The lowest BCUT2D eigenvalue weighted by molar-refractivity contribution is -0.142. The third-order valence-electron chi connectivity index (χ3n) is 4.30. The molecule has 3 rings (SSSR count). The molecule has 0 bridgehead atoms. The van der Waals surface area contributed by atoms with Crippen LogP contribution in [-0.2, 0) is 4.74 Å². The van der Waals surface area contributed by atoms with E-state index in [9.17, 15) is 0 Å². The Kier molecular flexibility index (Phi) is 3.48. The predicted molar refractivity (Wildman–Crippen MR) is 76.1 cm³/mol. The molecule has 2 heterocycles. The molecule has 0 radical (unpaired) electrons. The molecule has 3 atom stereocenters. The number of nitrogens with one attached hydrogen (secondary N) is 1. The molecule has 0 amide bonds. The van der Waals surface area contributed by atoms with Crippen molar-refractivity contribution in [3.05, 3.63) is 21.9 Å². The summed E-state index contributed by atoms with van der Waals surface area (Å²) >= 11 is 1.88. The first-order valence-corrected chi connectivity index (χ1v) is 7.93. The second kappa shape index (κ2) is 4.95. The van der Waals surface area contributed by atoms with Gasteiger partial charge in [0.25, 0.3) is 0 Å². The molecule has 2 nitrogen and oxygen atoms in total. The topological polar surface area (TPSA) is 21.3 Å². The van der Waals surface area contributed by atoms with Crippen molar-refractivity contribution < 1.29 is 4.74 Å². The molecular formula is C15H23NOS. The SMILES string of the molecule is Cc1ccc(C2CNCC3(CCCC(C)C3)O2)s1. The van der Waals surface area contributed by atoms with Crippen LogP contribution in [0.5, 0.6) is 0 Å². The fourth-order valence-electron chi connectivity index (χ4n) is 3.48. The lowest BCUT2D eigenvalue weighted by atomic mass is 9.78. The van der Waals surface area contributed by atoms with Gasteiger partial charge in [-0.15, -0.1) is 11.3 Å². The van der Waals surface area contributed by atoms with Gasteiger partial charge in [0.2, 0.25) is 0 Å². The van der Waals surface area contributed by atoms with E-state index in [0.29, 0.717) is 0 Å². The van der Waals surface area contributed by atoms with Gasteiger partial charge in [-0.2, -0.15) is 0 Å². The number of morpholine rings is 1. The monoisotopic (exact) mass is 265 g/mol. The fourth-order valence-corrected chi connectivity index (χ4v) is 4.39. The summed E-state index contributed by atoms with van der Waals surface area (Å²) in [5.41, 5.74) is 0.110. The maximum absolute atomic E-state index is 6.53. The Labute approximate surface area is 114 Å². The summed E-state index contributed by atoms with van der Waals surface area (Å²) in [6.45, 7) is 6.54. The molecule has 3 unspecified atom stereocenters. The molecule has 1 saturated carbocycles. The van der Waals surface area contributed by atoms with Crippen LogP contribution < -0.4 is 5.32 Å². The van der Waals surface area contributed by atoms with E-state index in [1.54, 1.807) is 0 Å². The van der Waals surface area contributed by atoms with E-state index in [-0.39, 0.29) is 11.7 Å². The molecule has 1 spiro atoms. The summed E-state index contributed by atoms with van der Waals surface area (Å²) in [6, 6.07) is 4.44. The van der Waals surface area contributed by atoms with E-state index in [0.717, 1.165) is 19.0 Å². The normalized spacial score (nSPS) is 37.0. The highest BCUT2D eigenvalue weighted by atomic mass is 32.1. The first-order chi connectivity index (χ1) is 8.67. The Morgan fingerprint density at radius 2 is 2.33 bits per heavy atom. The van der Waals surface area contributed by atoms with Gasteiger partial charge < -0.3 is 10.1 Å². The van der Waals surface area contributed by atoms with Crippen molar-refractivity contribution in [3.63, 3.8) is 0 Å². The number of hydrogen-bond acceptors (Lipinski definition) is 3. The quantitative estimate of drug-likeness (QED) is 0.836. The largest absolute Gasteiger partial charge is 0.364 e. The van der Waals surface area contributed by atoms with Crippen molar-refractivity contribution in [2.75, 3.05) is 13.1 Å². The molecule has 100 valence electrons. The third-order valence-corrected chi connectivity index (χ3v) is 5.39. The first-order valence-electron chi connectivity index (χ1n) is 7.12. The minimum absolute atomic E-state index is 0.110. The van der Waals surface area contributed by atoms with Crippen LogP contribution in [0, 0.1) is 12.8 Å². The molecule has 1 N–H and O–H groups in total. The molecule has 1 saturated heterocycles. The van der Waals surface area contributed by atoms with Gasteiger partial charge in [0, 0.05) is 22.8 Å². The van der Waals surface area contributed by atoms with Crippen LogP contribution in [0.1, 0.15) is 48.5 Å². The summed E-state index contributed by atoms with van der Waals surface area (Å²) in [7, 11) is 0. The van der Waals surface area contributed by atoms with Gasteiger partial charge in [-0.05, 0) is 37.8 Å². The van der Waals surface area contributed by atoms with Gasteiger partial charge in [-0.25, -0.2) is 0 Å². The van der Waals surface area contributed by atoms with Crippen molar-refractivity contribution in [2.45, 2.75) is 51.2 Å². The predicted octanol–water partition coefficient (Wildman–Crippen LogP) is 3.67. The fraction of sp³-hybridized carbons (Fsp3) is 0.733. The molecular weight excluding hydrogens is 242 g/mol. The highest BCUT2D eigenvalue weighted by Crippen LogP contribution is 2.41. The number of ether oxygens (including phenoxy) is 1. The van der Waals surface area contributed by atoms with Crippen LogP contribution in [0.15, 0.2) is 12.1 Å². The lowest BCUT2D eigenvalue weighted by Crippen LogP contribution is -2.52. The maximum atomic E-state index is 6.53. The van der Waals surface area contributed by atoms with Crippen molar-refractivity contribution in [3.8, 4) is 0 Å². The van der Waals surface area contributed by atoms with E-state index in [1.807, 2.05) is 11.3 Å². The van der Waals surface area contributed by atoms with Gasteiger partial charge in [0.15, 0.2) is 0 Å². The Balaban J connectivity index is 1.75. The van der Waals surface area contributed by atoms with E-state index in [4.69, 9.17) is 4.74 Å². The number of rotatable bonds is 1. The Hall–Kier alpha value is -0.380. The van der Waals surface area contributed by atoms with E-state index >= 15 is 0 Å². The zero-order chi connectivity index (χ0) is 12.6. The van der Waals surface area contributed by atoms with Crippen molar-refractivity contribution in [1.82, 2.24) is 5.32 Å². The molecule has 0 aromatic carbocycles. The van der Waals surface area contributed by atoms with Crippen molar-refractivity contribution >= 4 is 11.3 Å². The lowest BCUT2D eigenvalue weighted by Gasteiger charge is -2.45. The van der Waals surface area contributed by atoms with Gasteiger partial charge in [0.1, 0.15) is 6.10 Å². The maximum Gasteiger partial charge on any atom is 0.105 e. The molecule has 3 heteroatoms. The number of hydrogen-bond donors (Lipinski definition) is 1. The van der Waals surface area contributed by atoms with Gasteiger partial charge >= 0.3 is 0 Å².